The highest BCUT2D eigenvalue weighted by molar-refractivity contribution is 5.88. The first-order chi connectivity index (χ1) is 5.75. The Morgan fingerprint density at radius 1 is 1.75 bits per heavy atom. The van der Waals surface area contributed by atoms with Crippen LogP contribution in [0.5, 0.6) is 0 Å². The normalized spacial score (nSPS) is 10.4. The van der Waals surface area contributed by atoms with Gasteiger partial charge in [-0.1, -0.05) is 0 Å². The van der Waals surface area contributed by atoms with Crippen LogP contribution in [0.2, 0.25) is 0 Å². The van der Waals surface area contributed by atoms with Crippen molar-refractivity contribution in [1.82, 2.24) is 14.6 Å². The molecule has 5 nitrogen and oxygen atoms in total. The average molecular weight is 164 g/mol. The lowest BCUT2D eigenvalue weighted by molar-refractivity contribution is -0.114. The fraction of sp³-hybridized carbons (Fsp3) is 0.143. The number of hydrogen-bond donors (Lipinski definition) is 2. The Hall–Kier alpha value is -1.78. The first kappa shape index (κ1) is 6.90. The first-order valence-electron chi connectivity index (χ1n) is 3.55. The van der Waals surface area contributed by atoms with Crippen LogP contribution in [-0.4, -0.2) is 20.5 Å². The van der Waals surface area contributed by atoms with Gasteiger partial charge in [-0.15, -0.1) is 0 Å². The van der Waals surface area contributed by atoms with E-state index in [4.69, 9.17) is 0 Å². The highest BCUT2D eigenvalue weighted by atomic mass is 16.1. The molecule has 0 aliphatic carbocycles. The third-order valence-electron chi connectivity index (χ3n) is 1.49. The van der Waals surface area contributed by atoms with E-state index in [9.17, 15) is 4.79 Å². The SMILES string of the molecule is CC(=O)Nc1cc2nccn2[nH]1. The molecule has 1 amide bonds. The summed E-state index contributed by atoms with van der Waals surface area (Å²) in [5, 5.41) is 5.55. The number of aromatic nitrogens is 3. The third kappa shape index (κ3) is 1.05. The molecule has 0 bridgehead atoms. The van der Waals surface area contributed by atoms with Crippen LogP contribution in [0.3, 0.4) is 0 Å². The lowest BCUT2D eigenvalue weighted by atomic mass is 10.6. The number of carbonyl (C=O) groups is 1. The molecule has 2 N–H and O–H groups in total. The number of amides is 1. The number of nitrogens with zero attached hydrogens (tertiary/aromatic N) is 2. The number of hydrogen-bond acceptors (Lipinski definition) is 2. The van der Waals surface area contributed by atoms with Crippen molar-refractivity contribution in [2.75, 3.05) is 5.32 Å². The third-order valence-corrected chi connectivity index (χ3v) is 1.49. The second kappa shape index (κ2) is 2.37. The lowest BCUT2D eigenvalue weighted by Crippen LogP contribution is -2.06. The molecule has 0 saturated carbocycles. The summed E-state index contributed by atoms with van der Waals surface area (Å²) in [5.74, 6) is 0.560. The topological polar surface area (TPSA) is 62.2 Å². The van der Waals surface area contributed by atoms with Crippen molar-refractivity contribution in [2.45, 2.75) is 6.92 Å². The maximum absolute atomic E-state index is 10.7. The van der Waals surface area contributed by atoms with Crippen molar-refractivity contribution in [2.24, 2.45) is 0 Å². The smallest absolute Gasteiger partial charge is 0.222 e. The molecule has 0 fully saturated rings. The Bertz CT molecular complexity index is 385. The maximum Gasteiger partial charge on any atom is 0.222 e. The Kier molecular flexibility index (Phi) is 1.36. The summed E-state index contributed by atoms with van der Waals surface area (Å²) in [6.07, 6.45) is 3.46. The van der Waals surface area contributed by atoms with Gasteiger partial charge in [0.1, 0.15) is 5.82 Å². The van der Waals surface area contributed by atoms with Gasteiger partial charge in [0, 0.05) is 25.4 Å². The van der Waals surface area contributed by atoms with Gasteiger partial charge < -0.3 is 5.32 Å². The molecule has 0 aliphatic rings. The maximum atomic E-state index is 10.7. The van der Waals surface area contributed by atoms with E-state index in [1.807, 2.05) is 0 Å². The van der Waals surface area contributed by atoms with Crippen molar-refractivity contribution in [3.63, 3.8) is 0 Å². The van der Waals surface area contributed by atoms with Crippen LogP contribution in [0.25, 0.3) is 5.65 Å². The van der Waals surface area contributed by atoms with Gasteiger partial charge in [-0.3, -0.25) is 9.89 Å². The molecule has 2 heterocycles. The van der Waals surface area contributed by atoms with Crippen LogP contribution in [0.1, 0.15) is 6.92 Å². The Labute approximate surface area is 68.4 Å². The van der Waals surface area contributed by atoms with Gasteiger partial charge in [0.2, 0.25) is 5.91 Å². The molecule has 0 saturated heterocycles. The van der Waals surface area contributed by atoms with Crippen molar-refractivity contribution < 1.29 is 4.79 Å². The van der Waals surface area contributed by atoms with Crippen molar-refractivity contribution in [3.05, 3.63) is 18.5 Å². The number of fused-ring (bicyclic) bond motifs is 1. The second-order valence-electron chi connectivity index (χ2n) is 2.51. The van der Waals surface area contributed by atoms with Crippen molar-refractivity contribution >= 4 is 17.4 Å². The lowest BCUT2D eigenvalue weighted by Gasteiger charge is -1.93. The summed E-state index contributed by atoms with van der Waals surface area (Å²) >= 11 is 0. The Morgan fingerprint density at radius 3 is 3.25 bits per heavy atom. The zero-order chi connectivity index (χ0) is 8.55. The summed E-state index contributed by atoms with van der Waals surface area (Å²) in [6.45, 7) is 1.46. The zero-order valence-electron chi connectivity index (χ0n) is 6.53. The number of H-pyrrole nitrogens is 1. The van der Waals surface area contributed by atoms with Crippen LogP contribution < -0.4 is 5.32 Å². The van der Waals surface area contributed by atoms with Gasteiger partial charge in [0.05, 0.1) is 0 Å². The average Bonchev–Trinajstić information content (AvgIpc) is 2.43. The molecule has 0 atom stereocenters. The van der Waals surface area contributed by atoms with Crippen molar-refractivity contribution in [3.8, 4) is 0 Å². The summed E-state index contributed by atoms with van der Waals surface area (Å²) in [5.41, 5.74) is 0.791. The number of nitrogens with one attached hydrogen (secondary N) is 2. The van der Waals surface area contributed by atoms with E-state index in [-0.39, 0.29) is 5.91 Å². The predicted octanol–water partition coefficient (Wildman–Crippen LogP) is 0.621. The Balaban J connectivity index is 2.38. The summed E-state index contributed by atoms with van der Waals surface area (Å²) in [4.78, 5) is 14.7. The minimum Gasteiger partial charge on any atom is -0.311 e. The van der Waals surface area contributed by atoms with E-state index in [2.05, 4.69) is 15.4 Å². The molecule has 0 unspecified atom stereocenters. The van der Waals surface area contributed by atoms with Gasteiger partial charge in [-0.2, -0.15) is 0 Å². The predicted molar refractivity (Wildman–Crippen MR) is 43.8 cm³/mol. The molecule has 0 spiro atoms. The van der Waals surface area contributed by atoms with Crippen LogP contribution >= 0.6 is 0 Å². The van der Waals surface area contributed by atoms with Crippen LogP contribution in [0.4, 0.5) is 5.82 Å². The molecular formula is C7H8N4O. The minimum absolute atomic E-state index is 0.0977. The molecule has 2 aromatic heterocycles. The van der Waals surface area contributed by atoms with Crippen molar-refractivity contribution in [1.29, 1.82) is 0 Å². The molecule has 0 radical (unpaired) electrons. The van der Waals surface area contributed by atoms with Gasteiger partial charge in [0.15, 0.2) is 5.65 Å². The molecule has 12 heavy (non-hydrogen) atoms. The fourth-order valence-corrected chi connectivity index (χ4v) is 1.06. The quantitative estimate of drug-likeness (QED) is 0.649. The molecule has 0 aliphatic heterocycles. The fourth-order valence-electron chi connectivity index (χ4n) is 1.06. The summed E-state index contributed by atoms with van der Waals surface area (Å²) in [7, 11) is 0. The monoisotopic (exact) mass is 164 g/mol. The minimum atomic E-state index is -0.0977. The van der Waals surface area contributed by atoms with Crippen LogP contribution in [-0.2, 0) is 4.79 Å². The van der Waals surface area contributed by atoms with E-state index < -0.39 is 0 Å². The van der Waals surface area contributed by atoms with Crippen LogP contribution in [0, 0.1) is 0 Å². The molecule has 2 aromatic rings. The molecule has 2 rings (SSSR count). The van der Waals surface area contributed by atoms with Gasteiger partial charge in [0.25, 0.3) is 0 Å². The van der Waals surface area contributed by atoms with E-state index in [0.717, 1.165) is 5.65 Å². The number of carbonyl (C=O) groups excluding carboxylic acids is 1. The molecule has 62 valence electrons. The van der Waals surface area contributed by atoms with Gasteiger partial charge in [-0.25, -0.2) is 9.50 Å². The van der Waals surface area contributed by atoms with Crippen LogP contribution in [0.15, 0.2) is 18.5 Å². The van der Waals surface area contributed by atoms with E-state index in [1.165, 1.54) is 6.92 Å². The standard InChI is InChI=1S/C7H8N4O/c1-5(12)9-6-4-7-8-2-3-11(7)10-6/h2-4,10H,1H3,(H,9,12). The highest BCUT2D eigenvalue weighted by Crippen LogP contribution is 2.07. The summed E-state index contributed by atoms with van der Waals surface area (Å²) < 4.78 is 1.73. The number of rotatable bonds is 1. The largest absolute Gasteiger partial charge is 0.311 e. The number of anilines is 1. The number of aromatic amines is 1. The highest BCUT2D eigenvalue weighted by Gasteiger charge is 2.00. The molecule has 5 heteroatoms. The zero-order valence-corrected chi connectivity index (χ0v) is 6.53. The molecular weight excluding hydrogens is 156 g/mol. The summed E-state index contributed by atoms with van der Waals surface area (Å²) in [6, 6.07) is 1.77. The second-order valence-corrected chi connectivity index (χ2v) is 2.51. The number of imidazole rings is 1. The van der Waals surface area contributed by atoms with E-state index in [1.54, 1.807) is 23.0 Å². The van der Waals surface area contributed by atoms with E-state index >= 15 is 0 Å². The van der Waals surface area contributed by atoms with Gasteiger partial charge >= 0.3 is 0 Å². The first-order valence-corrected chi connectivity index (χ1v) is 3.55. The van der Waals surface area contributed by atoms with Gasteiger partial charge in [-0.05, 0) is 0 Å². The Morgan fingerprint density at radius 2 is 2.58 bits per heavy atom. The van der Waals surface area contributed by atoms with E-state index in [0.29, 0.717) is 5.82 Å². The molecule has 0 aromatic carbocycles.